The first-order valence-electron chi connectivity index (χ1n) is 6.19. The highest BCUT2D eigenvalue weighted by atomic mass is 16.3. The number of likely N-dealkylation sites (N-methyl/N-ethyl adjacent to an activating group) is 1. The third kappa shape index (κ3) is 2.15. The van der Waals surface area contributed by atoms with Gasteiger partial charge in [0.2, 0.25) is 5.91 Å². The van der Waals surface area contributed by atoms with E-state index in [1.54, 1.807) is 24.5 Å². The van der Waals surface area contributed by atoms with Crippen molar-refractivity contribution in [3.63, 3.8) is 0 Å². The van der Waals surface area contributed by atoms with Gasteiger partial charge in [0.1, 0.15) is 6.04 Å². The lowest BCUT2D eigenvalue weighted by Gasteiger charge is -2.23. The summed E-state index contributed by atoms with van der Waals surface area (Å²) < 4.78 is 10.4. The zero-order valence-electron chi connectivity index (χ0n) is 10.6. The van der Waals surface area contributed by atoms with E-state index >= 15 is 0 Å². The number of amides is 1. The molecule has 0 aliphatic carbocycles. The molecule has 0 saturated carbocycles. The fraction of sp³-hybridized carbons (Fsp3) is 0.385. The van der Waals surface area contributed by atoms with Gasteiger partial charge >= 0.3 is 0 Å². The Hall–Kier alpha value is -2.08. The molecule has 2 aromatic rings. The molecule has 0 fully saturated rings. The molecule has 1 aliphatic rings. The van der Waals surface area contributed by atoms with Crippen molar-refractivity contribution in [2.24, 2.45) is 0 Å². The SMILES string of the molecule is CNC1C(=O)N(Cc2ccoc2)CCc2ncoc21. The number of carbonyl (C=O) groups excluding carboxylic acids is 1. The Labute approximate surface area is 110 Å². The van der Waals surface area contributed by atoms with Crippen LogP contribution in [0.2, 0.25) is 0 Å². The summed E-state index contributed by atoms with van der Waals surface area (Å²) in [5.74, 6) is 0.626. The first-order valence-corrected chi connectivity index (χ1v) is 6.19. The van der Waals surface area contributed by atoms with Crippen LogP contribution in [0.1, 0.15) is 23.1 Å². The summed E-state index contributed by atoms with van der Waals surface area (Å²) in [4.78, 5) is 18.5. The molecule has 6 heteroatoms. The van der Waals surface area contributed by atoms with Crippen molar-refractivity contribution in [2.75, 3.05) is 13.6 Å². The Kier molecular flexibility index (Phi) is 3.08. The van der Waals surface area contributed by atoms with Crippen LogP contribution in [0.5, 0.6) is 0 Å². The Balaban J connectivity index is 1.85. The molecule has 3 rings (SSSR count). The molecule has 19 heavy (non-hydrogen) atoms. The number of furan rings is 1. The fourth-order valence-electron chi connectivity index (χ4n) is 2.36. The van der Waals surface area contributed by atoms with Crippen molar-refractivity contribution >= 4 is 5.91 Å². The normalized spacial score (nSPS) is 19.3. The molecule has 0 radical (unpaired) electrons. The second kappa shape index (κ2) is 4.89. The van der Waals surface area contributed by atoms with Crippen molar-refractivity contribution < 1.29 is 13.6 Å². The highest BCUT2D eigenvalue weighted by molar-refractivity contribution is 5.83. The van der Waals surface area contributed by atoms with Gasteiger partial charge < -0.3 is 19.1 Å². The van der Waals surface area contributed by atoms with E-state index in [4.69, 9.17) is 8.83 Å². The molecule has 1 amide bonds. The summed E-state index contributed by atoms with van der Waals surface area (Å²) in [6, 6.07) is 1.40. The molecule has 100 valence electrons. The fourth-order valence-corrected chi connectivity index (χ4v) is 2.36. The third-order valence-electron chi connectivity index (χ3n) is 3.35. The van der Waals surface area contributed by atoms with Crippen molar-refractivity contribution in [1.29, 1.82) is 0 Å². The number of rotatable bonds is 3. The summed E-state index contributed by atoms with van der Waals surface area (Å²) in [6.45, 7) is 1.17. The van der Waals surface area contributed by atoms with Gasteiger partial charge in [-0.15, -0.1) is 0 Å². The van der Waals surface area contributed by atoms with Gasteiger partial charge in [-0.25, -0.2) is 4.98 Å². The van der Waals surface area contributed by atoms with Gasteiger partial charge in [-0.3, -0.25) is 4.79 Å². The van der Waals surface area contributed by atoms with E-state index < -0.39 is 6.04 Å². The van der Waals surface area contributed by atoms with E-state index in [9.17, 15) is 4.79 Å². The van der Waals surface area contributed by atoms with Gasteiger partial charge in [-0.2, -0.15) is 0 Å². The molecule has 0 aromatic carbocycles. The van der Waals surface area contributed by atoms with Crippen molar-refractivity contribution in [3.8, 4) is 0 Å². The molecule has 0 saturated heterocycles. The lowest BCUT2D eigenvalue weighted by molar-refractivity contribution is -0.134. The van der Waals surface area contributed by atoms with Crippen LogP contribution < -0.4 is 5.32 Å². The molecule has 1 N–H and O–H groups in total. The number of nitrogens with zero attached hydrogens (tertiary/aromatic N) is 2. The molecule has 1 unspecified atom stereocenters. The molecule has 0 spiro atoms. The minimum absolute atomic E-state index is 0.000741. The van der Waals surface area contributed by atoms with Crippen LogP contribution >= 0.6 is 0 Å². The lowest BCUT2D eigenvalue weighted by atomic mass is 10.1. The topological polar surface area (TPSA) is 71.5 Å². The van der Waals surface area contributed by atoms with Crippen molar-refractivity contribution in [2.45, 2.75) is 19.0 Å². The Morgan fingerprint density at radius 3 is 3.21 bits per heavy atom. The number of fused-ring (bicyclic) bond motifs is 1. The van der Waals surface area contributed by atoms with Crippen LogP contribution in [0.4, 0.5) is 0 Å². The number of oxazole rings is 1. The van der Waals surface area contributed by atoms with Crippen LogP contribution in [0, 0.1) is 0 Å². The Morgan fingerprint density at radius 2 is 2.47 bits per heavy atom. The standard InChI is InChI=1S/C13H15N3O3/c1-14-11-12-10(15-8-19-12)2-4-16(13(11)17)6-9-3-5-18-7-9/h3,5,7-8,11,14H,2,4,6H2,1H3. The smallest absolute Gasteiger partial charge is 0.247 e. The zero-order chi connectivity index (χ0) is 13.2. The van der Waals surface area contributed by atoms with Gasteiger partial charge in [0.05, 0.1) is 18.2 Å². The average Bonchev–Trinajstić information content (AvgIpc) is 3.04. The minimum atomic E-state index is -0.466. The molecule has 1 atom stereocenters. The van der Waals surface area contributed by atoms with E-state index in [1.165, 1.54) is 6.39 Å². The summed E-state index contributed by atoms with van der Waals surface area (Å²) in [5, 5.41) is 3.00. The molecule has 0 bridgehead atoms. The lowest BCUT2D eigenvalue weighted by Crippen LogP contribution is -2.38. The molecular weight excluding hydrogens is 246 g/mol. The summed E-state index contributed by atoms with van der Waals surface area (Å²) in [6.07, 6.45) is 5.36. The average molecular weight is 261 g/mol. The van der Waals surface area contributed by atoms with E-state index in [2.05, 4.69) is 10.3 Å². The Bertz CT molecular complexity index is 561. The predicted octanol–water partition coefficient (Wildman–Crippen LogP) is 1.11. The van der Waals surface area contributed by atoms with Crippen LogP contribution in [0.25, 0.3) is 0 Å². The zero-order valence-corrected chi connectivity index (χ0v) is 10.6. The molecule has 3 heterocycles. The number of aromatic nitrogens is 1. The van der Waals surface area contributed by atoms with Gasteiger partial charge in [0.15, 0.2) is 12.2 Å². The maximum atomic E-state index is 12.5. The summed E-state index contributed by atoms with van der Waals surface area (Å²) >= 11 is 0. The minimum Gasteiger partial charge on any atom is -0.472 e. The largest absolute Gasteiger partial charge is 0.472 e. The van der Waals surface area contributed by atoms with Gasteiger partial charge in [0, 0.05) is 25.1 Å². The van der Waals surface area contributed by atoms with Crippen LogP contribution in [-0.2, 0) is 17.8 Å². The second-order valence-electron chi connectivity index (χ2n) is 4.53. The Morgan fingerprint density at radius 1 is 1.58 bits per heavy atom. The summed E-state index contributed by atoms with van der Waals surface area (Å²) in [7, 11) is 1.75. The number of hydrogen-bond donors (Lipinski definition) is 1. The molecule has 2 aromatic heterocycles. The maximum Gasteiger partial charge on any atom is 0.247 e. The predicted molar refractivity (Wildman–Crippen MR) is 66.1 cm³/mol. The van der Waals surface area contributed by atoms with E-state index in [1.807, 2.05) is 6.07 Å². The highest BCUT2D eigenvalue weighted by Crippen LogP contribution is 2.24. The first kappa shape index (κ1) is 12.0. The van der Waals surface area contributed by atoms with Crippen molar-refractivity contribution in [1.82, 2.24) is 15.2 Å². The second-order valence-corrected chi connectivity index (χ2v) is 4.53. The third-order valence-corrected chi connectivity index (χ3v) is 3.35. The maximum absolute atomic E-state index is 12.5. The number of carbonyl (C=O) groups is 1. The quantitative estimate of drug-likeness (QED) is 0.896. The van der Waals surface area contributed by atoms with Gasteiger partial charge in [0.25, 0.3) is 0 Å². The van der Waals surface area contributed by atoms with E-state index in [0.29, 0.717) is 25.3 Å². The van der Waals surface area contributed by atoms with Gasteiger partial charge in [-0.1, -0.05) is 0 Å². The van der Waals surface area contributed by atoms with Crippen LogP contribution in [-0.4, -0.2) is 29.4 Å². The van der Waals surface area contributed by atoms with E-state index in [0.717, 1.165) is 11.3 Å². The van der Waals surface area contributed by atoms with Crippen LogP contribution in [0.15, 0.2) is 33.8 Å². The van der Waals surface area contributed by atoms with Gasteiger partial charge in [-0.05, 0) is 13.1 Å². The molecular formula is C13H15N3O3. The van der Waals surface area contributed by atoms with E-state index in [-0.39, 0.29) is 5.91 Å². The first-order chi connectivity index (χ1) is 9.29. The highest BCUT2D eigenvalue weighted by Gasteiger charge is 2.33. The number of nitrogens with one attached hydrogen (secondary N) is 1. The monoisotopic (exact) mass is 261 g/mol. The van der Waals surface area contributed by atoms with Crippen molar-refractivity contribution in [3.05, 3.63) is 42.0 Å². The van der Waals surface area contributed by atoms with Crippen LogP contribution in [0.3, 0.4) is 0 Å². The number of hydrogen-bond acceptors (Lipinski definition) is 5. The molecule has 1 aliphatic heterocycles. The summed E-state index contributed by atoms with van der Waals surface area (Å²) in [5.41, 5.74) is 1.83. The molecule has 6 nitrogen and oxygen atoms in total.